The standard InChI is InChI=1S/C13H26P2S/c1-13(2,3)14-9-5-7-11(14)12-8-6-10-15(12,4)16/h11-12H,5-10H2,1-4H3/t11-,12+,14+,15+/m1/s1. The zero-order valence-electron chi connectivity index (χ0n) is 11.2. The number of hydrogen-bond acceptors (Lipinski definition) is 1. The molecular weight excluding hydrogens is 250 g/mol. The zero-order chi connectivity index (χ0) is 12.0. The van der Waals surface area contributed by atoms with Crippen LogP contribution in [0.5, 0.6) is 0 Å². The van der Waals surface area contributed by atoms with Gasteiger partial charge in [-0.3, -0.25) is 0 Å². The molecule has 2 rings (SSSR count). The maximum atomic E-state index is 5.96. The van der Waals surface area contributed by atoms with Gasteiger partial charge in [-0.15, -0.1) is 0 Å². The summed E-state index contributed by atoms with van der Waals surface area (Å²) >= 11 is 5.96. The zero-order valence-corrected chi connectivity index (χ0v) is 13.8. The van der Waals surface area contributed by atoms with Crippen LogP contribution in [-0.2, 0) is 11.8 Å². The molecule has 16 heavy (non-hydrogen) atoms. The van der Waals surface area contributed by atoms with Gasteiger partial charge in [-0.25, -0.2) is 0 Å². The predicted molar refractivity (Wildman–Crippen MR) is 82.7 cm³/mol. The molecule has 2 aliphatic heterocycles. The summed E-state index contributed by atoms with van der Waals surface area (Å²) in [5.41, 5.74) is 2.00. The van der Waals surface area contributed by atoms with Gasteiger partial charge in [-0.2, -0.15) is 0 Å². The monoisotopic (exact) mass is 276 g/mol. The molecule has 0 N–H and O–H groups in total. The normalized spacial score (nSPS) is 45.1. The highest BCUT2D eigenvalue weighted by Gasteiger charge is 2.44. The largest absolute Gasteiger partial charge is 0.0975 e. The van der Waals surface area contributed by atoms with Gasteiger partial charge in [0, 0.05) is 0 Å². The second-order valence-electron chi connectivity index (χ2n) is 6.68. The Balaban J connectivity index is 2.17. The summed E-state index contributed by atoms with van der Waals surface area (Å²) in [4.78, 5) is 0. The van der Waals surface area contributed by atoms with Gasteiger partial charge < -0.3 is 0 Å². The molecule has 0 radical (unpaired) electrons. The molecule has 2 aliphatic rings. The molecule has 0 saturated carbocycles. The number of hydrogen-bond donors (Lipinski definition) is 0. The fourth-order valence-electron chi connectivity index (χ4n) is 3.64. The van der Waals surface area contributed by atoms with Crippen LogP contribution in [0.3, 0.4) is 0 Å². The van der Waals surface area contributed by atoms with Gasteiger partial charge in [0.2, 0.25) is 0 Å². The van der Waals surface area contributed by atoms with Gasteiger partial charge in [0.1, 0.15) is 0 Å². The van der Waals surface area contributed by atoms with Gasteiger partial charge in [0.25, 0.3) is 0 Å². The van der Waals surface area contributed by atoms with Crippen LogP contribution in [-0.4, -0.2) is 35.5 Å². The van der Waals surface area contributed by atoms with Crippen LogP contribution in [0.25, 0.3) is 0 Å². The van der Waals surface area contributed by atoms with Crippen molar-refractivity contribution < 1.29 is 0 Å². The minimum absolute atomic E-state index is 0.242. The molecule has 2 fully saturated rings. The van der Waals surface area contributed by atoms with Crippen molar-refractivity contribution in [1.29, 1.82) is 0 Å². The summed E-state index contributed by atoms with van der Waals surface area (Å²) < 4.78 is 0. The third kappa shape index (κ3) is 2.57. The Morgan fingerprint density at radius 3 is 2.38 bits per heavy atom. The first-order chi connectivity index (χ1) is 7.32. The molecular formula is C13H26P2S. The van der Waals surface area contributed by atoms with E-state index in [0.29, 0.717) is 5.16 Å². The molecule has 2 saturated heterocycles. The molecule has 0 nitrogen and oxygen atoms in total. The Bertz CT molecular complexity index is 306. The van der Waals surface area contributed by atoms with Crippen LogP contribution in [0.4, 0.5) is 0 Å². The van der Waals surface area contributed by atoms with Crippen molar-refractivity contribution in [2.75, 3.05) is 19.0 Å². The van der Waals surface area contributed by atoms with Crippen LogP contribution >= 0.6 is 14.0 Å². The van der Waals surface area contributed by atoms with E-state index in [-0.39, 0.29) is 7.92 Å². The smallest absolute Gasteiger partial charge is 0.00529 e. The first-order valence-electron chi connectivity index (χ1n) is 6.65. The summed E-state index contributed by atoms with van der Waals surface area (Å²) in [6.07, 6.45) is 8.81. The fraction of sp³-hybridized carbons (Fsp3) is 1.00. The van der Waals surface area contributed by atoms with E-state index in [2.05, 4.69) is 27.4 Å². The van der Waals surface area contributed by atoms with E-state index >= 15 is 0 Å². The Hall–Kier alpha value is 1.08. The van der Waals surface area contributed by atoms with Gasteiger partial charge in [-0.1, -0.05) is 40.5 Å². The molecule has 4 atom stereocenters. The van der Waals surface area contributed by atoms with E-state index in [4.69, 9.17) is 11.8 Å². The van der Waals surface area contributed by atoms with E-state index in [1.54, 1.807) is 0 Å². The van der Waals surface area contributed by atoms with E-state index in [9.17, 15) is 0 Å². The SMILES string of the molecule is CC(C)(C)[P@@]1CCC[C@@H]1[C@@H]1CCC[P@]1(C)=S. The van der Waals surface area contributed by atoms with Gasteiger partial charge in [0.05, 0.1) is 0 Å². The summed E-state index contributed by atoms with van der Waals surface area (Å²) in [5.74, 6) is 0. The maximum absolute atomic E-state index is 5.96. The van der Waals surface area contributed by atoms with E-state index < -0.39 is 6.04 Å². The first-order valence-corrected chi connectivity index (χ1v) is 11.8. The van der Waals surface area contributed by atoms with E-state index in [1.807, 2.05) is 0 Å². The molecule has 0 aromatic carbocycles. The molecule has 0 aromatic rings. The lowest BCUT2D eigenvalue weighted by Crippen LogP contribution is -2.26. The summed E-state index contributed by atoms with van der Waals surface area (Å²) in [6.45, 7) is 9.84. The summed E-state index contributed by atoms with van der Waals surface area (Å²) in [7, 11) is 0.242. The van der Waals surface area contributed by atoms with Crippen LogP contribution in [0.1, 0.15) is 46.5 Å². The van der Waals surface area contributed by atoms with E-state index in [0.717, 1.165) is 11.3 Å². The molecule has 0 aliphatic carbocycles. The molecule has 94 valence electrons. The lowest BCUT2D eigenvalue weighted by atomic mass is 10.1. The minimum atomic E-state index is -0.960. The molecule has 0 aromatic heterocycles. The average Bonchev–Trinajstić information content (AvgIpc) is 2.68. The van der Waals surface area contributed by atoms with Crippen molar-refractivity contribution in [3.05, 3.63) is 0 Å². The molecule has 3 heteroatoms. The first kappa shape index (κ1) is 13.5. The van der Waals surface area contributed by atoms with Gasteiger partial charge in [0.15, 0.2) is 0 Å². The van der Waals surface area contributed by atoms with Crippen molar-refractivity contribution in [2.45, 2.75) is 62.9 Å². The molecule has 0 amide bonds. The number of rotatable bonds is 1. The van der Waals surface area contributed by atoms with Crippen molar-refractivity contribution in [3.8, 4) is 0 Å². The Labute approximate surface area is 108 Å². The van der Waals surface area contributed by atoms with Crippen molar-refractivity contribution in [2.24, 2.45) is 0 Å². The average molecular weight is 276 g/mol. The Morgan fingerprint density at radius 2 is 1.88 bits per heavy atom. The third-order valence-corrected chi connectivity index (χ3v) is 13.2. The van der Waals surface area contributed by atoms with E-state index in [1.165, 1.54) is 38.0 Å². The van der Waals surface area contributed by atoms with Crippen molar-refractivity contribution >= 4 is 25.8 Å². The van der Waals surface area contributed by atoms with Crippen molar-refractivity contribution in [3.63, 3.8) is 0 Å². The Morgan fingerprint density at radius 1 is 1.19 bits per heavy atom. The van der Waals surface area contributed by atoms with Gasteiger partial charge in [-0.05, 0) is 67.2 Å². The van der Waals surface area contributed by atoms with Crippen LogP contribution in [0.2, 0.25) is 0 Å². The second kappa shape index (κ2) is 4.64. The Kier molecular flexibility index (Phi) is 3.92. The molecule has 0 unspecified atom stereocenters. The highest BCUT2D eigenvalue weighted by molar-refractivity contribution is 8.14. The van der Waals surface area contributed by atoms with Gasteiger partial charge >= 0.3 is 0 Å². The van der Waals surface area contributed by atoms with Crippen molar-refractivity contribution in [1.82, 2.24) is 0 Å². The quantitative estimate of drug-likeness (QED) is 0.625. The second-order valence-corrected chi connectivity index (χ2v) is 16.0. The lowest BCUT2D eigenvalue weighted by molar-refractivity contribution is 0.682. The highest BCUT2D eigenvalue weighted by Crippen LogP contribution is 2.68. The molecule has 2 heterocycles. The minimum Gasteiger partial charge on any atom is -0.0975 e. The fourth-order valence-corrected chi connectivity index (χ4v) is 12.7. The predicted octanol–water partition coefficient (Wildman–Crippen LogP) is 4.70. The molecule has 0 bridgehead atoms. The van der Waals surface area contributed by atoms with Crippen LogP contribution < -0.4 is 0 Å². The highest BCUT2D eigenvalue weighted by atomic mass is 32.4. The molecule has 0 spiro atoms. The van der Waals surface area contributed by atoms with Crippen LogP contribution in [0, 0.1) is 0 Å². The third-order valence-electron chi connectivity index (χ3n) is 4.41. The summed E-state index contributed by atoms with van der Waals surface area (Å²) in [5, 5.41) is 0.564. The van der Waals surface area contributed by atoms with Crippen LogP contribution in [0.15, 0.2) is 0 Å². The summed E-state index contributed by atoms with van der Waals surface area (Å²) in [6, 6.07) is -0.960. The maximum Gasteiger partial charge on any atom is -0.00529 e. The topological polar surface area (TPSA) is 0 Å². The lowest BCUT2D eigenvalue weighted by Gasteiger charge is -2.38.